The Morgan fingerprint density at radius 1 is 1.28 bits per heavy atom. The summed E-state index contributed by atoms with van der Waals surface area (Å²) in [4.78, 5) is 16.5. The zero-order chi connectivity index (χ0) is 21.2. The number of aliphatic hydroxyl groups excluding tert-OH is 1. The maximum Gasteiger partial charge on any atom is 0.270 e. The van der Waals surface area contributed by atoms with Gasteiger partial charge in [-0.05, 0) is 11.5 Å². The van der Waals surface area contributed by atoms with Gasteiger partial charge < -0.3 is 15.2 Å². The smallest absolute Gasteiger partial charge is 0.270 e. The number of rotatable bonds is 6. The zero-order valence-electron chi connectivity index (χ0n) is 16.5. The molecule has 2 N–H and O–H groups in total. The minimum atomic E-state index is -0.665. The maximum atomic E-state index is 14.2. The van der Waals surface area contributed by atoms with Crippen LogP contribution in [0.1, 0.15) is 42.4 Å². The second-order valence-corrected chi connectivity index (χ2v) is 7.64. The van der Waals surface area contributed by atoms with E-state index in [2.05, 4.69) is 10.3 Å². The lowest BCUT2D eigenvalue weighted by Crippen LogP contribution is -2.29. The highest BCUT2D eigenvalue weighted by molar-refractivity contribution is 5.93. The number of benzene rings is 1. The van der Waals surface area contributed by atoms with E-state index in [0.29, 0.717) is 16.9 Å². The van der Waals surface area contributed by atoms with Gasteiger partial charge in [0.25, 0.3) is 5.91 Å². The molecule has 29 heavy (non-hydrogen) atoms. The zero-order valence-corrected chi connectivity index (χ0v) is 16.5. The Morgan fingerprint density at radius 3 is 2.59 bits per heavy atom. The fourth-order valence-corrected chi connectivity index (χ4v) is 3.13. The normalized spacial score (nSPS) is 11.7. The van der Waals surface area contributed by atoms with E-state index >= 15 is 0 Å². The third-order valence-corrected chi connectivity index (χ3v) is 4.44. The summed E-state index contributed by atoms with van der Waals surface area (Å²) < 4.78 is 35.4. The Kier molecular flexibility index (Phi) is 5.83. The average Bonchev–Trinajstić information content (AvgIpc) is 3.07. The lowest BCUT2D eigenvalue weighted by molar-refractivity contribution is 0.0941. The van der Waals surface area contributed by atoms with Crippen molar-refractivity contribution in [3.05, 3.63) is 65.1 Å². The molecule has 8 heteroatoms. The molecule has 3 aromatic rings. The van der Waals surface area contributed by atoms with E-state index in [9.17, 15) is 18.7 Å². The fourth-order valence-electron chi connectivity index (χ4n) is 3.13. The molecule has 154 valence electrons. The van der Waals surface area contributed by atoms with Crippen LogP contribution in [0.5, 0.6) is 5.75 Å². The van der Waals surface area contributed by atoms with Crippen LogP contribution in [0.25, 0.3) is 5.65 Å². The summed E-state index contributed by atoms with van der Waals surface area (Å²) in [6.45, 7) is 5.18. The molecule has 6 nitrogen and oxygen atoms in total. The van der Waals surface area contributed by atoms with Crippen LogP contribution in [0.2, 0.25) is 0 Å². The quantitative estimate of drug-likeness (QED) is 0.620. The minimum absolute atomic E-state index is 0.00742. The Balaban J connectivity index is 1.61. The van der Waals surface area contributed by atoms with Gasteiger partial charge in [-0.3, -0.25) is 9.20 Å². The number of nitrogens with one attached hydrogen (secondary N) is 1. The van der Waals surface area contributed by atoms with Crippen molar-refractivity contribution in [3.8, 4) is 5.75 Å². The van der Waals surface area contributed by atoms with Crippen LogP contribution in [0.15, 0.2) is 36.7 Å². The van der Waals surface area contributed by atoms with E-state index in [1.54, 1.807) is 43.5 Å². The monoisotopic (exact) mass is 403 g/mol. The van der Waals surface area contributed by atoms with Gasteiger partial charge in [-0.25, -0.2) is 13.8 Å². The van der Waals surface area contributed by atoms with Crippen molar-refractivity contribution in [1.29, 1.82) is 0 Å². The summed E-state index contributed by atoms with van der Waals surface area (Å²) in [5.41, 5.74) is 0.763. The molecule has 0 saturated heterocycles. The lowest BCUT2D eigenvalue weighted by atomic mass is 9.86. The molecule has 0 aliphatic heterocycles. The number of halogens is 2. The molecule has 0 aliphatic rings. The molecular formula is C21H23F2N3O3. The standard InChI is InChI=1S/C21H23F2N3O3/c1-21(2,3)18-15(22)9-14(10-16(18)23)29-8-6-24-20(28)17-11-25-19-13(12-27)5-4-7-26(17)19/h4-5,7,9-11,27H,6,8,12H2,1-3H3,(H,24,28). The van der Waals surface area contributed by atoms with E-state index in [1.807, 2.05) is 0 Å². The Morgan fingerprint density at radius 2 is 1.97 bits per heavy atom. The third kappa shape index (κ3) is 4.37. The highest BCUT2D eigenvalue weighted by Gasteiger charge is 2.24. The van der Waals surface area contributed by atoms with Gasteiger partial charge in [0.15, 0.2) is 0 Å². The van der Waals surface area contributed by atoms with Crippen LogP contribution >= 0.6 is 0 Å². The number of aromatic nitrogens is 2. The van der Waals surface area contributed by atoms with Crippen molar-refractivity contribution in [3.63, 3.8) is 0 Å². The molecule has 0 bridgehead atoms. The van der Waals surface area contributed by atoms with Crippen molar-refractivity contribution in [2.75, 3.05) is 13.2 Å². The number of fused-ring (bicyclic) bond motifs is 1. The van der Waals surface area contributed by atoms with Crippen LogP contribution in [0.4, 0.5) is 8.78 Å². The van der Waals surface area contributed by atoms with Gasteiger partial charge in [0, 0.05) is 29.5 Å². The van der Waals surface area contributed by atoms with Crippen LogP contribution in [-0.2, 0) is 12.0 Å². The largest absolute Gasteiger partial charge is 0.492 e. The number of carbonyl (C=O) groups is 1. The van der Waals surface area contributed by atoms with E-state index in [-0.39, 0.29) is 37.0 Å². The summed E-state index contributed by atoms with van der Waals surface area (Å²) in [5, 5.41) is 12.0. The Hall–Kier alpha value is -3.00. The summed E-state index contributed by atoms with van der Waals surface area (Å²) in [6.07, 6.45) is 3.09. The number of carbonyl (C=O) groups excluding carboxylic acids is 1. The van der Waals surface area contributed by atoms with Crippen molar-refractivity contribution in [2.24, 2.45) is 0 Å². The van der Waals surface area contributed by atoms with Crippen LogP contribution in [-0.4, -0.2) is 33.6 Å². The predicted molar refractivity (Wildman–Crippen MR) is 104 cm³/mol. The number of aliphatic hydroxyl groups is 1. The first-order valence-electron chi connectivity index (χ1n) is 9.18. The Bertz CT molecular complexity index is 1020. The van der Waals surface area contributed by atoms with Gasteiger partial charge in [0.05, 0.1) is 19.3 Å². The minimum Gasteiger partial charge on any atom is -0.492 e. The maximum absolute atomic E-state index is 14.2. The highest BCUT2D eigenvalue weighted by atomic mass is 19.1. The van der Waals surface area contributed by atoms with Gasteiger partial charge in [-0.1, -0.05) is 26.8 Å². The molecule has 0 radical (unpaired) electrons. The number of amides is 1. The molecule has 3 rings (SSSR count). The summed E-state index contributed by atoms with van der Waals surface area (Å²) in [6, 6.07) is 5.73. The molecule has 1 aromatic carbocycles. The van der Waals surface area contributed by atoms with Crippen LogP contribution in [0, 0.1) is 11.6 Å². The second kappa shape index (κ2) is 8.16. The predicted octanol–water partition coefficient (Wildman–Crippen LogP) is 3.21. The molecule has 0 spiro atoms. The van der Waals surface area contributed by atoms with Crippen LogP contribution < -0.4 is 10.1 Å². The molecular weight excluding hydrogens is 380 g/mol. The van der Waals surface area contributed by atoms with Gasteiger partial charge in [0.2, 0.25) is 0 Å². The van der Waals surface area contributed by atoms with E-state index in [4.69, 9.17) is 4.74 Å². The van der Waals surface area contributed by atoms with E-state index in [1.165, 1.54) is 6.20 Å². The van der Waals surface area contributed by atoms with E-state index < -0.39 is 17.0 Å². The van der Waals surface area contributed by atoms with Crippen molar-refractivity contribution >= 4 is 11.6 Å². The number of imidazole rings is 1. The van der Waals surface area contributed by atoms with Crippen molar-refractivity contribution in [2.45, 2.75) is 32.8 Å². The topological polar surface area (TPSA) is 75.9 Å². The van der Waals surface area contributed by atoms with Gasteiger partial charge in [-0.15, -0.1) is 0 Å². The first-order valence-corrected chi connectivity index (χ1v) is 9.18. The fraction of sp³-hybridized carbons (Fsp3) is 0.333. The second-order valence-electron chi connectivity index (χ2n) is 7.64. The lowest BCUT2D eigenvalue weighted by Gasteiger charge is -2.21. The number of pyridine rings is 1. The number of hydrogen-bond donors (Lipinski definition) is 2. The van der Waals surface area contributed by atoms with Gasteiger partial charge in [0.1, 0.15) is 35.3 Å². The van der Waals surface area contributed by atoms with E-state index in [0.717, 1.165) is 12.1 Å². The highest BCUT2D eigenvalue weighted by Crippen LogP contribution is 2.30. The SMILES string of the molecule is CC(C)(C)c1c(F)cc(OCCNC(=O)c2cnc3c(CO)cccn23)cc1F. The third-order valence-electron chi connectivity index (χ3n) is 4.44. The number of ether oxygens (including phenoxy) is 1. The average molecular weight is 403 g/mol. The van der Waals surface area contributed by atoms with Crippen molar-refractivity contribution < 1.29 is 23.4 Å². The van der Waals surface area contributed by atoms with Crippen molar-refractivity contribution in [1.82, 2.24) is 14.7 Å². The first-order chi connectivity index (χ1) is 13.7. The van der Waals surface area contributed by atoms with Gasteiger partial charge in [-0.2, -0.15) is 0 Å². The molecule has 2 heterocycles. The first kappa shape index (κ1) is 20.7. The van der Waals surface area contributed by atoms with Crippen LogP contribution in [0.3, 0.4) is 0 Å². The number of nitrogens with zero attached hydrogens (tertiary/aromatic N) is 2. The molecule has 0 aliphatic carbocycles. The Labute approximate surface area is 167 Å². The number of hydrogen-bond acceptors (Lipinski definition) is 4. The molecule has 1 amide bonds. The summed E-state index contributed by atoms with van der Waals surface area (Å²) >= 11 is 0. The molecule has 0 saturated carbocycles. The molecule has 0 unspecified atom stereocenters. The molecule has 0 fully saturated rings. The molecule has 0 atom stereocenters. The summed E-state index contributed by atoms with van der Waals surface area (Å²) in [7, 11) is 0. The summed E-state index contributed by atoms with van der Waals surface area (Å²) in [5.74, 6) is -1.65. The molecule has 2 aromatic heterocycles. The van der Waals surface area contributed by atoms with Gasteiger partial charge >= 0.3 is 0 Å².